The maximum absolute atomic E-state index is 13.0. The zero-order chi connectivity index (χ0) is 22.5. The minimum absolute atomic E-state index is 0.0506. The van der Waals surface area contributed by atoms with E-state index >= 15 is 0 Å². The molecule has 4 rings (SSSR count). The van der Waals surface area contributed by atoms with Crippen LogP contribution in [0.2, 0.25) is 0 Å². The van der Waals surface area contributed by atoms with Gasteiger partial charge in [0.05, 0.1) is 21.7 Å². The standard InChI is InChI=1S/C22H18FN3O4S2/c23-15-7-5-14(6-8-15)11-18-21(28)26(22(29)32-18)10-9-24-19(27)12-30-13-20-25-16-3-1-2-4-17(16)31-20/h1-8,11H,9-10,12-13H2,(H,24,27)/b18-11-. The molecule has 0 radical (unpaired) electrons. The summed E-state index contributed by atoms with van der Waals surface area (Å²) in [4.78, 5) is 42.4. The predicted octanol–water partition coefficient (Wildman–Crippen LogP) is 3.80. The van der Waals surface area contributed by atoms with Crippen molar-refractivity contribution in [2.75, 3.05) is 19.7 Å². The number of imide groups is 1. The average Bonchev–Trinajstić information content (AvgIpc) is 3.30. The van der Waals surface area contributed by atoms with Gasteiger partial charge in [0.2, 0.25) is 5.91 Å². The number of fused-ring (bicyclic) bond motifs is 1. The first-order valence-corrected chi connectivity index (χ1v) is 11.3. The molecule has 1 aromatic heterocycles. The van der Waals surface area contributed by atoms with E-state index in [1.165, 1.54) is 35.6 Å². The molecule has 1 aliphatic heterocycles. The largest absolute Gasteiger partial charge is 0.364 e. The lowest BCUT2D eigenvalue weighted by atomic mass is 10.2. The van der Waals surface area contributed by atoms with E-state index in [1.54, 1.807) is 6.08 Å². The molecule has 0 unspecified atom stereocenters. The highest BCUT2D eigenvalue weighted by Gasteiger charge is 2.34. The molecule has 7 nitrogen and oxygen atoms in total. The molecule has 10 heteroatoms. The Morgan fingerprint density at radius 1 is 1.16 bits per heavy atom. The highest BCUT2D eigenvalue weighted by molar-refractivity contribution is 8.18. The normalized spacial score (nSPS) is 15.2. The first-order valence-electron chi connectivity index (χ1n) is 9.69. The lowest BCUT2D eigenvalue weighted by molar-refractivity contribution is -0.127. The Labute approximate surface area is 191 Å². The summed E-state index contributed by atoms with van der Waals surface area (Å²) in [5.41, 5.74) is 1.52. The van der Waals surface area contributed by atoms with Crippen molar-refractivity contribution in [1.82, 2.24) is 15.2 Å². The monoisotopic (exact) mass is 471 g/mol. The van der Waals surface area contributed by atoms with Crippen molar-refractivity contribution >= 4 is 56.4 Å². The Balaban J connectivity index is 1.21. The quantitative estimate of drug-likeness (QED) is 0.503. The third kappa shape index (κ3) is 5.39. The fourth-order valence-electron chi connectivity index (χ4n) is 2.97. The van der Waals surface area contributed by atoms with Crippen LogP contribution in [0.25, 0.3) is 16.3 Å². The third-order valence-electron chi connectivity index (χ3n) is 4.50. The van der Waals surface area contributed by atoms with Crippen molar-refractivity contribution in [3.63, 3.8) is 0 Å². The highest BCUT2D eigenvalue weighted by Crippen LogP contribution is 2.31. The molecule has 2 aromatic carbocycles. The number of nitrogens with zero attached hydrogens (tertiary/aromatic N) is 2. The van der Waals surface area contributed by atoms with Gasteiger partial charge in [-0.05, 0) is 47.7 Å². The minimum atomic E-state index is -0.439. The van der Waals surface area contributed by atoms with Crippen LogP contribution in [0.3, 0.4) is 0 Å². The van der Waals surface area contributed by atoms with Gasteiger partial charge in [0.1, 0.15) is 17.4 Å². The molecule has 0 saturated carbocycles. The molecule has 2 heterocycles. The molecular formula is C22H18FN3O4S2. The molecule has 164 valence electrons. The third-order valence-corrected chi connectivity index (χ3v) is 6.41. The molecule has 0 aliphatic carbocycles. The van der Waals surface area contributed by atoms with Crippen LogP contribution in [-0.4, -0.2) is 46.6 Å². The van der Waals surface area contributed by atoms with Crippen molar-refractivity contribution in [2.24, 2.45) is 0 Å². The number of benzene rings is 2. The number of carbonyl (C=O) groups excluding carboxylic acids is 3. The fourth-order valence-corrected chi connectivity index (χ4v) is 4.74. The fraction of sp³-hybridized carbons (Fsp3) is 0.182. The average molecular weight is 472 g/mol. The van der Waals surface area contributed by atoms with Gasteiger partial charge in [0.15, 0.2) is 0 Å². The van der Waals surface area contributed by atoms with Gasteiger partial charge >= 0.3 is 0 Å². The van der Waals surface area contributed by atoms with E-state index in [-0.39, 0.29) is 42.9 Å². The Bertz CT molecular complexity index is 1160. The second-order valence-corrected chi connectivity index (χ2v) is 8.91. The molecule has 1 saturated heterocycles. The Hall–Kier alpha value is -3.08. The summed E-state index contributed by atoms with van der Waals surface area (Å²) in [5, 5.41) is 3.01. The molecule has 1 fully saturated rings. The number of hydrogen-bond donors (Lipinski definition) is 1. The van der Waals surface area contributed by atoms with Gasteiger partial charge in [0, 0.05) is 13.1 Å². The van der Waals surface area contributed by atoms with Crippen LogP contribution < -0.4 is 5.32 Å². The number of carbonyl (C=O) groups is 3. The van der Waals surface area contributed by atoms with E-state index in [0.29, 0.717) is 5.56 Å². The van der Waals surface area contributed by atoms with Gasteiger partial charge in [-0.1, -0.05) is 24.3 Å². The lowest BCUT2D eigenvalue weighted by Gasteiger charge is -2.13. The van der Waals surface area contributed by atoms with Crippen LogP contribution in [0, 0.1) is 5.82 Å². The van der Waals surface area contributed by atoms with Gasteiger partial charge in [-0.25, -0.2) is 9.37 Å². The molecule has 0 bridgehead atoms. The molecule has 0 spiro atoms. The van der Waals surface area contributed by atoms with E-state index in [1.807, 2.05) is 24.3 Å². The summed E-state index contributed by atoms with van der Waals surface area (Å²) in [6, 6.07) is 13.4. The molecule has 1 N–H and O–H groups in total. The van der Waals surface area contributed by atoms with Crippen molar-refractivity contribution < 1.29 is 23.5 Å². The number of hydrogen-bond acceptors (Lipinski definition) is 7. The second-order valence-electron chi connectivity index (χ2n) is 6.80. The summed E-state index contributed by atoms with van der Waals surface area (Å²) >= 11 is 2.32. The van der Waals surface area contributed by atoms with Crippen LogP contribution >= 0.6 is 23.1 Å². The topological polar surface area (TPSA) is 88.6 Å². The summed E-state index contributed by atoms with van der Waals surface area (Å²) in [6.45, 7) is 0.243. The van der Waals surface area contributed by atoms with Crippen molar-refractivity contribution in [3.8, 4) is 0 Å². The number of amides is 3. The highest BCUT2D eigenvalue weighted by atomic mass is 32.2. The number of para-hydroxylation sites is 1. The number of halogens is 1. The van der Waals surface area contributed by atoms with Gasteiger partial charge in [-0.15, -0.1) is 11.3 Å². The molecular weight excluding hydrogens is 453 g/mol. The van der Waals surface area contributed by atoms with Crippen LogP contribution in [0.4, 0.5) is 9.18 Å². The molecule has 3 aromatic rings. The maximum atomic E-state index is 13.0. The summed E-state index contributed by atoms with van der Waals surface area (Å²) in [5.74, 6) is -1.17. The number of ether oxygens (including phenoxy) is 1. The number of thioether (sulfide) groups is 1. The Morgan fingerprint density at radius 2 is 1.94 bits per heavy atom. The van der Waals surface area contributed by atoms with Crippen molar-refractivity contribution in [2.45, 2.75) is 6.61 Å². The number of aromatic nitrogens is 1. The van der Waals surface area contributed by atoms with E-state index < -0.39 is 11.1 Å². The smallest absolute Gasteiger partial charge is 0.293 e. The summed E-state index contributed by atoms with van der Waals surface area (Å²) in [6.07, 6.45) is 1.54. The first kappa shape index (κ1) is 22.1. The van der Waals surface area contributed by atoms with Gasteiger partial charge < -0.3 is 10.1 Å². The molecule has 1 aliphatic rings. The lowest BCUT2D eigenvalue weighted by Crippen LogP contribution is -2.38. The van der Waals surface area contributed by atoms with Crippen LogP contribution in [0.5, 0.6) is 0 Å². The summed E-state index contributed by atoms with van der Waals surface area (Å²) in [7, 11) is 0. The van der Waals surface area contributed by atoms with Crippen LogP contribution in [0.15, 0.2) is 53.4 Å². The van der Waals surface area contributed by atoms with E-state index in [9.17, 15) is 18.8 Å². The zero-order valence-electron chi connectivity index (χ0n) is 16.7. The molecule has 32 heavy (non-hydrogen) atoms. The van der Waals surface area contributed by atoms with Gasteiger partial charge in [0.25, 0.3) is 11.1 Å². The Kier molecular flexibility index (Phi) is 6.93. The SMILES string of the molecule is O=C(COCc1nc2ccccc2s1)NCCN1C(=O)S/C(=C\c2ccc(F)cc2)C1=O. The zero-order valence-corrected chi connectivity index (χ0v) is 18.4. The number of thiazole rings is 1. The second kappa shape index (κ2) is 10.0. The van der Waals surface area contributed by atoms with Crippen molar-refractivity contribution in [1.29, 1.82) is 0 Å². The van der Waals surface area contributed by atoms with Gasteiger partial charge in [-0.2, -0.15) is 0 Å². The van der Waals surface area contributed by atoms with E-state index in [2.05, 4.69) is 10.3 Å². The number of rotatable bonds is 8. The van der Waals surface area contributed by atoms with Crippen molar-refractivity contribution in [3.05, 3.63) is 69.8 Å². The Morgan fingerprint density at radius 3 is 2.72 bits per heavy atom. The van der Waals surface area contributed by atoms with Crippen LogP contribution in [0.1, 0.15) is 10.6 Å². The maximum Gasteiger partial charge on any atom is 0.293 e. The van der Waals surface area contributed by atoms with E-state index in [4.69, 9.17) is 4.74 Å². The number of nitrogens with one attached hydrogen (secondary N) is 1. The molecule has 3 amide bonds. The predicted molar refractivity (Wildman–Crippen MR) is 121 cm³/mol. The summed E-state index contributed by atoms with van der Waals surface area (Å²) < 4.78 is 19.5. The minimum Gasteiger partial charge on any atom is -0.364 e. The first-order chi connectivity index (χ1) is 15.5. The van der Waals surface area contributed by atoms with E-state index in [0.717, 1.165) is 31.9 Å². The van der Waals surface area contributed by atoms with Crippen LogP contribution in [-0.2, 0) is 20.9 Å². The van der Waals surface area contributed by atoms with Gasteiger partial charge in [-0.3, -0.25) is 19.3 Å². The molecule has 0 atom stereocenters.